The van der Waals surface area contributed by atoms with Crippen molar-refractivity contribution < 1.29 is 4.74 Å². The van der Waals surface area contributed by atoms with E-state index < -0.39 is 0 Å². The zero-order valence-corrected chi connectivity index (χ0v) is 13.6. The van der Waals surface area contributed by atoms with Crippen LogP contribution < -0.4 is 5.32 Å². The summed E-state index contributed by atoms with van der Waals surface area (Å²) < 4.78 is 5.93. The number of thiazole rings is 1. The van der Waals surface area contributed by atoms with E-state index in [4.69, 9.17) is 9.72 Å². The van der Waals surface area contributed by atoms with Crippen molar-refractivity contribution in [2.24, 2.45) is 0 Å². The first-order chi connectivity index (χ1) is 8.92. The Morgan fingerprint density at radius 3 is 2.63 bits per heavy atom. The van der Waals surface area contributed by atoms with Gasteiger partial charge in [0.2, 0.25) is 0 Å². The molecule has 108 valence electrons. The Morgan fingerprint density at radius 1 is 1.37 bits per heavy atom. The number of hydrogen-bond acceptors (Lipinski definition) is 4. The Kier molecular flexibility index (Phi) is 4.64. The molecule has 19 heavy (non-hydrogen) atoms. The molecule has 1 fully saturated rings. The second-order valence-electron chi connectivity index (χ2n) is 6.20. The number of nitrogens with zero attached hydrogens (tertiary/aromatic N) is 1. The molecule has 0 aliphatic carbocycles. The summed E-state index contributed by atoms with van der Waals surface area (Å²) in [6.07, 6.45) is 2.24. The number of ether oxygens (including phenoxy) is 1. The van der Waals surface area contributed by atoms with Crippen molar-refractivity contribution in [3.05, 3.63) is 15.6 Å². The van der Waals surface area contributed by atoms with Crippen LogP contribution in [-0.2, 0) is 16.9 Å². The van der Waals surface area contributed by atoms with Gasteiger partial charge in [0.15, 0.2) is 0 Å². The van der Waals surface area contributed by atoms with E-state index in [1.165, 1.54) is 10.6 Å². The van der Waals surface area contributed by atoms with Crippen LogP contribution in [0.1, 0.15) is 69.0 Å². The van der Waals surface area contributed by atoms with Crippen LogP contribution in [0, 0.1) is 0 Å². The first-order valence-corrected chi connectivity index (χ1v) is 8.11. The largest absolute Gasteiger partial charge is 0.368 e. The van der Waals surface area contributed by atoms with Gasteiger partial charge in [-0.2, -0.15) is 0 Å². The van der Waals surface area contributed by atoms with E-state index in [2.05, 4.69) is 39.9 Å². The first-order valence-electron chi connectivity index (χ1n) is 7.30. The van der Waals surface area contributed by atoms with Crippen LogP contribution in [0.25, 0.3) is 0 Å². The van der Waals surface area contributed by atoms with Crippen molar-refractivity contribution in [2.45, 2.75) is 71.6 Å². The van der Waals surface area contributed by atoms with Crippen molar-refractivity contribution in [2.75, 3.05) is 6.61 Å². The summed E-state index contributed by atoms with van der Waals surface area (Å²) in [7, 11) is 0. The van der Waals surface area contributed by atoms with Gasteiger partial charge in [-0.15, -0.1) is 11.3 Å². The Bertz CT molecular complexity index is 420. The van der Waals surface area contributed by atoms with Crippen LogP contribution in [0.3, 0.4) is 0 Å². The normalized spacial score (nSPS) is 23.7. The molecular formula is C15H26N2OS. The third-order valence-electron chi connectivity index (χ3n) is 3.62. The molecule has 1 unspecified atom stereocenters. The number of rotatable bonds is 5. The maximum Gasteiger partial charge on any atom is 0.125 e. The fourth-order valence-electron chi connectivity index (χ4n) is 2.41. The fourth-order valence-corrected chi connectivity index (χ4v) is 3.71. The number of nitrogens with one attached hydrogen (secondary N) is 1. The summed E-state index contributed by atoms with van der Waals surface area (Å²) in [5.74, 6) is 0.471. The summed E-state index contributed by atoms with van der Waals surface area (Å²) in [5, 5.41) is 4.66. The average molecular weight is 282 g/mol. The van der Waals surface area contributed by atoms with Crippen LogP contribution in [0.15, 0.2) is 0 Å². The molecule has 1 aliphatic heterocycles. The molecule has 0 aromatic carbocycles. The molecule has 0 saturated carbocycles. The summed E-state index contributed by atoms with van der Waals surface area (Å²) in [4.78, 5) is 6.27. The molecule has 1 aromatic heterocycles. The summed E-state index contributed by atoms with van der Waals surface area (Å²) in [6, 6.07) is 0.504. The lowest BCUT2D eigenvalue weighted by Crippen LogP contribution is -2.22. The number of aromatic nitrogens is 1. The minimum absolute atomic E-state index is 0.148. The molecule has 3 nitrogen and oxygen atoms in total. The highest BCUT2D eigenvalue weighted by atomic mass is 32.1. The summed E-state index contributed by atoms with van der Waals surface area (Å²) in [6.45, 7) is 12.8. The van der Waals surface area contributed by atoms with E-state index in [0.29, 0.717) is 12.0 Å². The lowest BCUT2D eigenvalue weighted by Gasteiger charge is -2.19. The molecule has 0 radical (unpaired) electrons. The van der Waals surface area contributed by atoms with Gasteiger partial charge in [0.25, 0.3) is 0 Å². The minimum Gasteiger partial charge on any atom is -0.368 e. The van der Waals surface area contributed by atoms with E-state index in [0.717, 1.165) is 31.0 Å². The molecule has 1 aliphatic rings. The molecule has 2 rings (SSSR count). The quantitative estimate of drug-likeness (QED) is 0.892. The smallest absolute Gasteiger partial charge is 0.125 e. The molecule has 0 spiro atoms. The average Bonchev–Trinajstić information content (AvgIpc) is 2.93. The molecular weight excluding hydrogens is 256 g/mol. The van der Waals surface area contributed by atoms with E-state index in [9.17, 15) is 0 Å². The Morgan fingerprint density at radius 2 is 2.11 bits per heavy atom. The van der Waals surface area contributed by atoms with E-state index >= 15 is 0 Å². The number of hydrogen-bond donors (Lipinski definition) is 1. The van der Waals surface area contributed by atoms with Crippen LogP contribution in [0.5, 0.6) is 0 Å². The highest BCUT2D eigenvalue weighted by molar-refractivity contribution is 7.11. The van der Waals surface area contributed by atoms with Crippen LogP contribution in [0.2, 0.25) is 0 Å². The minimum atomic E-state index is -0.148. The highest BCUT2D eigenvalue weighted by Gasteiger charge is 2.35. The van der Waals surface area contributed by atoms with Gasteiger partial charge in [-0.3, -0.25) is 0 Å². The molecule has 0 bridgehead atoms. The van der Waals surface area contributed by atoms with Crippen LogP contribution >= 0.6 is 11.3 Å². The lowest BCUT2D eigenvalue weighted by molar-refractivity contribution is 0.0165. The van der Waals surface area contributed by atoms with Gasteiger partial charge >= 0.3 is 0 Å². The molecule has 1 atom stereocenters. The predicted molar refractivity (Wildman–Crippen MR) is 80.7 cm³/mol. The van der Waals surface area contributed by atoms with Gasteiger partial charge in [0, 0.05) is 24.1 Å². The van der Waals surface area contributed by atoms with Crippen molar-refractivity contribution in [1.82, 2.24) is 10.3 Å². The Labute approximate surface area is 120 Å². The van der Waals surface area contributed by atoms with Gasteiger partial charge < -0.3 is 10.1 Å². The van der Waals surface area contributed by atoms with Crippen molar-refractivity contribution in [1.29, 1.82) is 0 Å². The zero-order valence-electron chi connectivity index (χ0n) is 12.7. The van der Waals surface area contributed by atoms with E-state index in [1.54, 1.807) is 0 Å². The summed E-state index contributed by atoms with van der Waals surface area (Å²) in [5.41, 5.74) is 1.09. The molecule has 1 N–H and O–H groups in total. The predicted octanol–water partition coefficient (Wildman–Crippen LogP) is 3.79. The third-order valence-corrected chi connectivity index (χ3v) is 4.93. The molecule has 4 heteroatoms. The molecule has 0 amide bonds. The standard InChI is InChI=1S/C15H26N2OS/c1-10(2)13-12(9-16-11(3)4)19-14(17-13)15(5)7-6-8-18-15/h10-11,16H,6-9H2,1-5H3. The van der Waals surface area contributed by atoms with E-state index in [1.807, 2.05) is 11.3 Å². The lowest BCUT2D eigenvalue weighted by atomic mass is 10.0. The van der Waals surface area contributed by atoms with Gasteiger partial charge in [-0.25, -0.2) is 4.98 Å². The molecule has 2 heterocycles. The topological polar surface area (TPSA) is 34.1 Å². The van der Waals surface area contributed by atoms with Crippen LogP contribution in [0.4, 0.5) is 0 Å². The SMILES string of the molecule is CC(C)NCc1sc(C2(C)CCCO2)nc1C(C)C. The second kappa shape index (κ2) is 5.90. The Balaban J connectivity index is 2.24. The van der Waals surface area contributed by atoms with Gasteiger partial charge in [0.1, 0.15) is 10.6 Å². The van der Waals surface area contributed by atoms with Crippen LogP contribution in [-0.4, -0.2) is 17.6 Å². The molecule has 1 aromatic rings. The van der Waals surface area contributed by atoms with Gasteiger partial charge in [0.05, 0.1) is 5.69 Å². The van der Waals surface area contributed by atoms with Gasteiger partial charge in [-0.05, 0) is 25.7 Å². The summed E-state index contributed by atoms with van der Waals surface area (Å²) >= 11 is 1.83. The second-order valence-corrected chi connectivity index (χ2v) is 7.28. The monoisotopic (exact) mass is 282 g/mol. The van der Waals surface area contributed by atoms with Crippen molar-refractivity contribution >= 4 is 11.3 Å². The molecule has 1 saturated heterocycles. The Hall–Kier alpha value is -0.450. The van der Waals surface area contributed by atoms with Gasteiger partial charge in [-0.1, -0.05) is 27.7 Å². The highest BCUT2D eigenvalue weighted by Crippen LogP contribution is 2.39. The van der Waals surface area contributed by atoms with E-state index in [-0.39, 0.29) is 5.60 Å². The first kappa shape index (κ1) is 14.9. The maximum absolute atomic E-state index is 5.93. The van der Waals surface area contributed by atoms with Crippen molar-refractivity contribution in [3.8, 4) is 0 Å². The fraction of sp³-hybridized carbons (Fsp3) is 0.800. The third kappa shape index (κ3) is 3.36. The zero-order chi connectivity index (χ0) is 14.0. The van der Waals surface area contributed by atoms with Crippen molar-refractivity contribution in [3.63, 3.8) is 0 Å². The maximum atomic E-state index is 5.93.